The maximum Gasteiger partial charge on any atom is 0.160 e. The van der Waals surface area contributed by atoms with Crippen LogP contribution in [0.5, 0.6) is 0 Å². The van der Waals surface area contributed by atoms with E-state index < -0.39 is 0 Å². The number of aromatic nitrogens is 3. The number of anilines is 2. The molecule has 0 saturated carbocycles. The third-order valence-corrected chi connectivity index (χ3v) is 5.24. The topological polar surface area (TPSA) is 51.9 Å². The molecule has 2 heterocycles. The number of ether oxygens (including phenoxy) is 2. The van der Waals surface area contributed by atoms with E-state index >= 15 is 0 Å². The molecule has 7 heteroatoms. The molecule has 0 radical (unpaired) electrons. The zero-order chi connectivity index (χ0) is 21.6. The molecule has 0 saturated heterocycles. The Morgan fingerprint density at radius 2 is 1.87 bits per heavy atom. The Labute approximate surface area is 187 Å². The molecule has 0 atom stereocenters. The van der Waals surface area contributed by atoms with Crippen LogP contribution in [-0.4, -0.2) is 47.8 Å². The lowest BCUT2D eigenvalue weighted by Gasteiger charge is -2.26. The minimum atomic E-state index is 0.529. The second-order valence-corrected chi connectivity index (χ2v) is 7.53. The van der Waals surface area contributed by atoms with E-state index in [-0.39, 0.29) is 0 Å². The number of benzene rings is 2. The van der Waals surface area contributed by atoms with Crippen molar-refractivity contribution in [3.05, 3.63) is 77.7 Å². The molecule has 31 heavy (non-hydrogen) atoms. The molecule has 160 valence electrons. The average Bonchev–Trinajstić information content (AvgIpc) is 3.18. The highest BCUT2D eigenvalue weighted by molar-refractivity contribution is 6.30. The highest BCUT2D eigenvalue weighted by atomic mass is 35.5. The second kappa shape index (κ2) is 9.92. The normalized spacial score (nSPS) is 11.2. The lowest BCUT2D eigenvalue weighted by Crippen LogP contribution is -2.25. The first-order valence-corrected chi connectivity index (χ1v) is 10.6. The summed E-state index contributed by atoms with van der Waals surface area (Å²) in [4.78, 5) is 11.6. The molecule has 0 aliphatic heterocycles. The zero-order valence-electron chi connectivity index (χ0n) is 17.7. The van der Waals surface area contributed by atoms with E-state index in [1.165, 1.54) is 0 Å². The van der Waals surface area contributed by atoms with E-state index in [2.05, 4.69) is 26.4 Å². The van der Waals surface area contributed by atoms with Gasteiger partial charge in [0, 0.05) is 42.3 Å². The Hall–Kier alpha value is -2.93. The average molecular weight is 437 g/mol. The van der Waals surface area contributed by atoms with Crippen molar-refractivity contribution in [2.75, 3.05) is 38.4 Å². The van der Waals surface area contributed by atoms with Crippen LogP contribution in [0.1, 0.15) is 5.69 Å². The van der Waals surface area contributed by atoms with Gasteiger partial charge in [0.15, 0.2) is 5.65 Å². The molecule has 0 aliphatic carbocycles. The van der Waals surface area contributed by atoms with Crippen molar-refractivity contribution in [1.29, 1.82) is 0 Å². The Kier molecular flexibility index (Phi) is 6.82. The summed E-state index contributed by atoms with van der Waals surface area (Å²) in [5, 5.41) is 0.677. The third kappa shape index (κ3) is 4.71. The number of hydrogen-bond donors (Lipinski definition) is 0. The molecule has 4 aromatic rings. The first kappa shape index (κ1) is 21.3. The van der Waals surface area contributed by atoms with Crippen molar-refractivity contribution in [3.8, 4) is 11.3 Å². The van der Waals surface area contributed by atoms with Gasteiger partial charge in [-0.05, 0) is 25.1 Å². The number of hydrogen-bond acceptors (Lipinski definition) is 5. The van der Waals surface area contributed by atoms with Crippen LogP contribution in [0.3, 0.4) is 0 Å². The number of methoxy groups -OCH3 is 1. The summed E-state index contributed by atoms with van der Waals surface area (Å²) in [7, 11) is 1.67. The lowest BCUT2D eigenvalue weighted by molar-refractivity contribution is 0.0746. The smallest absolute Gasteiger partial charge is 0.160 e. The van der Waals surface area contributed by atoms with Crippen molar-refractivity contribution in [3.63, 3.8) is 0 Å². The van der Waals surface area contributed by atoms with E-state index in [0.29, 0.717) is 31.4 Å². The van der Waals surface area contributed by atoms with Gasteiger partial charge in [-0.25, -0.2) is 4.98 Å². The molecular formula is C24H25ClN4O2. The Bertz CT molecular complexity index is 1150. The molecule has 0 aliphatic rings. The molecule has 0 spiro atoms. The quantitative estimate of drug-likeness (QED) is 0.339. The van der Waals surface area contributed by atoms with Crippen LogP contribution >= 0.6 is 11.6 Å². The van der Waals surface area contributed by atoms with Crippen LogP contribution in [0, 0.1) is 6.92 Å². The van der Waals surface area contributed by atoms with Crippen LogP contribution in [0.2, 0.25) is 5.02 Å². The summed E-state index contributed by atoms with van der Waals surface area (Å²) in [6.07, 6.45) is 3.74. The number of rotatable bonds is 9. The van der Waals surface area contributed by atoms with Crippen molar-refractivity contribution < 1.29 is 9.47 Å². The minimum Gasteiger partial charge on any atom is -0.382 e. The standard InChI is InChI=1S/C24H25ClN4O2/c1-18-23-27-22(19-7-4-3-5-8-19)24(29(23)12-11-26-18)28(13-14-31-16-15-30-2)21-10-6-9-20(25)17-21/h3-12,17H,13-16H2,1-2H3. The van der Waals surface area contributed by atoms with Crippen LogP contribution in [0.4, 0.5) is 11.5 Å². The Balaban J connectivity index is 1.85. The predicted molar refractivity (Wildman–Crippen MR) is 124 cm³/mol. The lowest BCUT2D eigenvalue weighted by atomic mass is 10.1. The van der Waals surface area contributed by atoms with E-state index in [1.807, 2.05) is 55.6 Å². The Morgan fingerprint density at radius 3 is 2.65 bits per heavy atom. The van der Waals surface area contributed by atoms with Gasteiger partial charge >= 0.3 is 0 Å². The minimum absolute atomic E-state index is 0.529. The number of aryl methyl sites for hydroxylation is 1. The second-order valence-electron chi connectivity index (χ2n) is 7.09. The summed E-state index contributed by atoms with van der Waals surface area (Å²) in [5.74, 6) is 0.948. The molecule has 6 nitrogen and oxygen atoms in total. The van der Waals surface area contributed by atoms with Crippen LogP contribution in [-0.2, 0) is 9.47 Å². The van der Waals surface area contributed by atoms with Gasteiger partial charge in [-0.2, -0.15) is 0 Å². The van der Waals surface area contributed by atoms with E-state index in [1.54, 1.807) is 13.3 Å². The van der Waals surface area contributed by atoms with Crippen LogP contribution < -0.4 is 4.90 Å². The highest BCUT2D eigenvalue weighted by Crippen LogP contribution is 2.36. The van der Waals surface area contributed by atoms with Gasteiger partial charge in [0.25, 0.3) is 0 Å². The summed E-state index contributed by atoms with van der Waals surface area (Å²) in [5.41, 5.74) is 4.58. The van der Waals surface area contributed by atoms with Crippen molar-refractivity contribution in [1.82, 2.24) is 14.4 Å². The summed E-state index contributed by atoms with van der Waals surface area (Å²) in [6, 6.07) is 18.0. The number of halogens is 1. The van der Waals surface area contributed by atoms with E-state index in [4.69, 9.17) is 26.1 Å². The molecule has 0 unspecified atom stereocenters. The molecule has 0 amide bonds. The van der Waals surface area contributed by atoms with Gasteiger partial charge in [0.05, 0.1) is 25.5 Å². The number of nitrogens with zero attached hydrogens (tertiary/aromatic N) is 4. The SMILES string of the molecule is COCCOCCN(c1cccc(Cl)c1)c1c(-c2ccccc2)nc2c(C)nccn12. The zero-order valence-corrected chi connectivity index (χ0v) is 18.4. The van der Waals surface area contributed by atoms with Gasteiger partial charge in [-0.1, -0.05) is 48.0 Å². The fourth-order valence-corrected chi connectivity index (χ4v) is 3.72. The van der Waals surface area contributed by atoms with Crippen molar-refractivity contribution in [2.24, 2.45) is 0 Å². The van der Waals surface area contributed by atoms with Crippen molar-refractivity contribution >= 4 is 28.8 Å². The van der Waals surface area contributed by atoms with Gasteiger partial charge in [-0.3, -0.25) is 9.38 Å². The van der Waals surface area contributed by atoms with Crippen molar-refractivity contribution in [2.45, 2.75) is 6.92 Å². The third-order valence-electron chi connectivity index (χ3n) is 5.01. The van der Waals surface area contributed by atoms with Gasteiger partial charge < -0.3 is 14.4 Å². The first-order chi connectivity index (χ1) is 15.2. The van der Waals surface area contributed by atoms with Gasteiger partial charge in [0.1, 0.15) is 11.5 Å². The molecule has 2 aromatic heterocycles. The maximum atomic E-state index is 6.35. The van der Waals surface area contributed by atoms with Crippen LogP contribution in [0.25, 0.3) is 16.9 Å². The fourth-order valence-electron chi connectivity index (χ4n) is 3.54. The summed E-state index contributed by atoms with van der Waals surface area (Å²) < 4.78 is 13.0. The predicted octanol–water partition coefficient (Wildman–Crippen LogP) is 5.16. The fraction of sp³-hybridized carbons (Fsp3) is 0.250. The highest BCUT2D eigenvalue weighted by Gasteiger charge is 2.22. The first-order valence-electron chi connectivity index (χ1n) is 10.2. The monoisotopic (exact) mass is 436 g/mol. The molecular weight excluding hydrogens is 412 g/mol. The van der Waals surface area contributed by atoms with Gasteiger partial charge in [-0.15, -0.1) is 0 Å². The molecule has 0 bridgehead atoms. The molecule has 2 aromatic carbocycles. The molecule has 4 rings (SSSR count). The molecule has 0 N–H and O–H groups in total. The largest absolute Gasteiger partial charge is 0.382 e. The molecule has 0 fully saturated rings. The van der Waals surface area contributed by atoms with Crippen LogP contribution in [0.15, 0.2) is 67.0 Å². The number of imidazole rings is 1. The number of fused-ring (bicyclic) bond motifs is 1. The van der Waals surface area contributed by atoms with E-state index in [9.17, 15) is 0 Å². The van der Waals surface area contributed by atoms with E-state index in [0.717, 1.165) is 34.1 Å². The summed E-state index contributed by atoms with van der Waals surface area (Å²) >= 11 is 6.35. The summed E-state index contributed by atoms with van der Waals surface area (Å²) in [6.45, 7) is 4.23. The Morgan fingerprint density at radius 1 is 1.03 bits per heavy atom. The van der Waals surface area contributed by atoms with Gasteiger partial charge in [0.2, 0.25) is 0 Å². The maximum absolute atomic E-state index is 6.35.